The van der Waals surface area contributed by atoms with Gasteiger partial charge in [0.1, 0.15) is 11.3 Å². The van der Waals surface area contributed by atoms with Gasteiger partial charge in [-0.1, -0.05) is 11.2 Å². The van der Waals surface area contributed by atoms with E-state index >= 15 is 0 Å². The first-order valence-electron chi connectivity index (χ1n) is 8.81. The van der Waals surface area contributed by atoms with Crippen LogP contribution in [0.2, 0.25) is 0 Å². The Morgan fingerprint density at radius 2 is 2.08 bits per heavy atom. The number of nitrogens with zero attached hydrogens (tertiary/aromatic N) is 2. The molecule has 3 rings (SSSR count). The van der Waals surface area contributed by atoms with E-state index in [2.05, 4.69) is 5.16 Å². The van der Waals surface area contributed by atoms with E-state index in [-0.39, 0.29) is 18.5 Å². The Bertz CT molecular complexity index is 834. The van der Waals surface area contributed by atoms with Crippen LogP contribution in [0.15, 0.2) is 16.7 Å². The van der Waals surface area contributed by atoms with Crippen molar-refractivity contribution in [2.24, 2.45) is 0 Å². The summed E-state index contributed by atoms with van der Waals surface area (Å²) in [6, 6.07) is 3.85. The molecule has 0 atom stereocenters. The van der Waals surface area contributed by atoms with Gasteiger partial charge in [-0.2, -0.15) is 0 Å². The number of hydrogen-bond donors (Lipinski definition) is 0. The topological polar surface area (TPSA) is 81.9 Å². The minimum atomic E-state index is -0.520. The van der Waals surface area contributed by atoms with Crippen LogP contribution in [-0.2, 0) is 33.7 Å². The van der Waals surface area contributed by atoms with Crippen molar-refractivity contribution < 1.29 is 23.6 Å². The summed E-state index contributed by atoms with van der Waals surface area (Å²) in [6.07, 6.45) is 0.424. The fourth-order valence-corrected chi connectivity index (χ4v) is 3.06. The van der Waals surface area contributed by atoms with E-state index in [4.69, 9.17) is 14.0 Å². The highest BCUT2D eigenvalue weighted by molar-refractivity contribution is 5.87. The van der Waals surface area contributed by atoms with Crippen LogP contribution in [0.5, 0.6) is 0 Å². The van der Waals surface area contributed by atoms with Crippen LogP contribution >= 0.6 is 0 Å². The highest BCUT2D eigenvalue weighted by atomic mass is 16.6. The van der Waals surface area contributed by atoms with E-state index in [1.54, 1.807) is 11.8 Å². The minimum Gasteiger partial charge on any atom is -0.466 e. The molecule has 1 amide bonds. The molecule has 0 N–H and O–H groups in total. The van der Waals surface area contributed by atoms with Crippen molar-refractivity contribution in [1.82, 2.24) is 10.1 Å². The zero-order valence-electron chi connectivity index (χ0n) is 15.6. The number of hydrogen-bond acceptors (Lipinski definition) is 6. The molecule has 0 spiro atoms. The van der Waals surface area contributed by atoms with Gasteiger partial charge in [0, 0.05) is 24.0 Å². The third kappa shape index (κ3) is 3.81. The zero-order valence-corrected chi connectivity index (χ0v) is 15.6. The fourth-order valence-electron chi connectivity index (χ4n) is 3.06. The monoisotopic (exact) mass is 360 g/mol. The van der Waals surface area contributed by atoms with Gasteiger partial charge in [-0.3, -0.25) is 4.79 Å². The quantitative estimate of drug-likeness (QED) is 0.782. The van der Waals surface area contributed by atoms with Crippen molar-refractivity contribution in [1.29, 1.82) is 0 Å². The average Bonchev–Trinajstić information content (AvgIpc) is 2.96. The van der Waals surface area contributed by atoms with Crippen LogP contribution in [0.3, 0.4) is 0 Å². The summed E-state index contributed by atoms with van der Waals surface area (Å²) in [5, 5.41) is 4.87. The summed E-state index contributed by atoms with van der Waals surface area (Å²) in [5.74, 6) is -0.323. The van der Waals surface area contributed by atoms with E-state index in [9.17, 15) is 9.59 Å². The number of carbonyl (C=O) groups excluding carboxylic acids is 2. The summed E-state index contributed by atoms with van der Waals surface area (Å²) in [4.78, 5) is 25.7. The maximum atomic E-state index is 12.3. The first-order chi connectivity index (χ1) is 12.3. The summed E-state index contributed by atoms with van der Waals surface area (Å²) >= 11 is 0. The third-order valence-electron chi connectivity index (χ3n) is 4.18. The fraction of sp³-hybridized carbons (Fsp3) is 0.526. The minimum absolute atomic E-state index is 0.0870. The number of amides is 1. The van der Waals surface area contributed by atoms with Gasteiger partial charge >= 0.3 is 12.1 Å². The maximum Gasteiger partial charge on any atom is 0.410 e. The molecule has 0 radical (unpaired) electrons. The Hall–Kier alpha value is -2.57. The Morgan fingerprint density at radius 3 is 2.77 bits per heavy atom. The van der Waals surface area contributed by atoms with Crippen molar-refractivity contribution in [3.05, 3.63) is 29.0 Å². The molecule has 0 aliphatic carbocycles. The second-order valence-corrected chi connectivity index (χ2v) is 7.34. The lowest BCUT2D eigenvalue weighted by Crippen LogP contribution is -2.39. The number of benzene rings is 1. The molecule has 1 aromatic heterocycles. The van der Waals surface area contributed by atoms with Crippen LogP contribution in [0.4, 0.5) is 4.79 Å². The lowest BCUT2D eigenvalue weighted by atomic mass is 9.97. The molecule has 2 heterocycles. The molecule has 7 nitrogen and oxygen atoms in total. The Morgan fingerprint density at radius 1 is 1.31 bits per heavy atom. The molecule has 1 aliphatic heterocycles. The summed E-state index contributed by atoms with van der Waals surface area (Å²) in [5.41, 5.74) is 2.79. The lowest BCUT2D eigenvalue weighted by molar-refractivity contribution is -0.142. The lowest BCUT2D eigenvalue weighted by Gasteiger charge is -2.31. The van der Waals surface area contributed by atoms with Gasteiger partial charge in [0.15, 0.2) is 5.58 Å². The van der Waals surface area contributed by atoms with E-state index < -0.39 is 5.60 Å². The molecule has 1 aliphatic rings. The van der Waals surface area contributed by atoms with E-state index in [0.717, 1.165) is 16.5 Å². The van der Waals surface area contributed by atoms with Crippen molar-refractivity contribution in [2.45, 2.75) is 52.7 Å². The Kier molecular flexibility index (Phi) is 4.89. The predicted molar refractivity (Wildman–Crippen MR) is 94.7 cm³/mol. The smallest absolute Gasteiger partial charge is 0.410 e. The number of fused-ring (bicyclic) bond motifs is 3. The molecule has 26 heavy (non-hydrogen) atoms. The van der Waals surface area contributed by atoms with Gasteiger partial charge in [0.2, 0.25) is 0 Å². The van der Waals surface area contributed by atoms with Gasteiger partial charge < -0.3 is 18.9 Å². The molecule has 0 fully saturated rings. The van der Waals surface area contributed by atoms with Crippen LogP contribution in [0.1, 0.15) is 44.5 Å². The summed E-state index contributed by atoms with van der Waals surface area (Å²) in [6.45, 7) is 8.68. The summed E-state index contributed by atoms with van der Waals surface area (Å²) in [7, 11) is 0. The maximum absolute atomic E-state index is 12.3. The standard InChI is InChI=1S/C19H24N2O5/c1-5-24-16(22)10-15-14-7-6-12-11-21(18(23)25-19(2,3)4)9-8-13(12)17(14)26-20-15/h6-7H,5,8-11H2,1-4H3. The van der Waals surface area contributed by atoms with E-state index in [0.29, 0.717) is 37.4 Å². The van der Waals surface area contributed by atoms with E-state index in [1.165, 1.54) is 0 Å². The van der Waals surface area contributed by atoms with Gasteiger partial charge in [-0.25, -0.2) is 4.79 Å². The highest BCUT2D eigenvalue weighted by Crippen LogP contribution is 2.30. The molecule has 0 saturated carbocycles. The van der Waals surface area contributed by atoms with Crippen LogP contribution in [-0.4, -0.2) is 40.9 Å². The van der Waals surface area contributed by atoms with Gasteiger partial charge in [-0.05, 0) is 45.7 Å². The molecule has 0 saturated heterocycles. The van der Waals surface area contributed by atoms with Crippen molar-refractivity contribution in [3.63, 3.8) is 0 Å². The van der Waals surface area contributed by atoms with Gasteiger partial charge in [0.05, 0.1) is 13.0 Å². The highest BCUT2D eigenvalue weighted by Gasteiger charge is 2.28. The molecule has 0 unspecified atom stereocenters. The van der Waals surface area contributed by atoms with E-state index in [1.807, 2.05) is 32.9 Å². The number of esters is 1. The zero-order chi connectivity index (χ0) is 18.9. The molecular formula is C19H24N2O5. The van der Waals surface area contributed by atoms with Crippen LogP contribution in [0.25, 0.3) is 11.0 Å². The molecule has 7 heteroatoms. The molecule has 140 valence electrons. The number of ether oxygens (including phenoxy) is 2. The largest absolute Gasteiger partial charge is 0.466 e. The molecular weight excluding hydrogens is 336 g/mol. The SMILES string of the molecule is CCOC(=O)Cc1noc2c3c(ccc12)CN(C(=O)OC(C)(C)C)CC3. The predicted octanol–water partition coefficient (Wildman–Crippen LogP) is 3.23. The number of carbonyl (C=O) groups is 2. The Labute approximate surface area is 152 Å². The average molecular weight is 360 g/mol. The van der Waals surface area contributed by atoms with Crippen molar-refractivity contribution in [3.8, 4) is 0 Å². The Balaban J connectivity index is 1.81. The molecule has 1 aromatic carbocycles. The number of aromatic nitrogens is 1. The van der Waals surface area contributed by atoms with Crippen LogP contribution < -0.4 is 0 Å². The second kappa shape index (κ2) is 6.97. The third-order valence-corrected chi connectivity index (χ3v) is 4.18. The molecule has 2 aromatic rings. The molecule has 0 bridgehead atoms. The van der Waals surface area contributed by atoms with Crippen molar-refractivity contribution in [2.75, 3.05) is 13.2 Å². The first-order valence-corrected chi connectivity index (χ1v) is 8.81. The normalized spacial score (nSPS) is 14.2. The number of rotatable bonds is 3. The summed E-state index contributed by atoms with van der Waals surface area (Å²) < 4.78 is 15.9. The van der Waals surface area contributed by atoms with Gasteiger partial charge in [-0.15, -0.1) is 0 Å². The van der Waals surface area contributed by atoms with Crippen LogP contribution in [0, 0.1) is 0 Å². The first kappa shape index (κ1) is 18.2. The van der Waals surface area contributed by atoms with Crippen molar-refractivity contribution >= 4 is 23.0 Å². The second-order valence-electron chi connectivity index (χ2n) is 7.34. The van der Waals surface area contributed by atoms with Gasteiger partial charge in [0.25, 0.3) is 0 Å².